The molecule has 2 N–H and O–H groups in total. The number of amides is 2. The lowest BCUT2D eigenvalue weighted by atomic mass is 10.1. The second-order valence-corrected chi connectivity index (χ2v) is 5.41. The van der Waals surface area contributed by atoms with E-state index in [1.54, 1.807) is 30.3 Å². The van der Waals surface area contributed by atoms with Crippen molar-refractivity contribution >= 4 is 29.5 Å². The van der Waals surface area contributed by atoms with Gasteiger partial charge in [0.1, 0.15) is 5.75 Å². The van der Waals surface area contributed by atoms with Gasteiger partial charge in [-0.1, -0.05) is 53.6 Å². The third kappa shape index (κ3) is 5.78. The van der Waals surface area contributed by atoms with Crippen molar-refractivity contribution in [1.82, 2.24) is 10.9 Å². The lowest BCUT2D eigenvalue weighted by molar-refractivity contribution is -0.128. The second kappa shape index (κ2) is 8.74. The van der Waals surface area contributed by atoms with Gasteiger partial charge in [0, 0.05) is 6.08 Å². The standard InChI is InChI=1S/C18H17ClN2O3/c1-13-6-8-14(9-7-13)10-11-17(22)20-21-18(23)12-24-16-5-3-2-4-15(16)19/h2-11H,12H2,1H3,(H,20,22)(H,21,23). The van der Waals surface area contributed by atoms with E-state index in [-0.39, 0.29) is 6.61 Å². The average molecular weight is 345 g/mol. The number of hydrogen-bond acceptors (Lipinski definition) is 3. The molecule has 0 atom stereocenters. The van der Waals surface area contributed by atoms with E-state index >= 15 is 0 Å². The molecule has 0 aliphatic rings. The number of nitrogens with one attached hydrogen (secondary N) is 2. The Morgan fingerprint density at radius 2 is 1.79 bits per heavy atom. The van der Waals surface area contributed by atoms with Crippen molar-refractivity contribution in [2.45, 2.75) is 6.92 Å². The van der Waals surface area contributed by atoms with Crippen molar-refractivity contribution in [3.05, 3.63) is 70.8 Å². The molecule has 0 unspecified atom stereocenters. The van der Waals surface area contributed by atoms with Gasteiger partial charge in [-0.3, -0.25) is 20.4 Å². The van der Waals surface area contributed by atoms with Crippen molar-refractivity contribution < 1.29 is 14.3 Å². The van der Waals surface area contributed by atoms with Crippen LogP contribution in [-0.2, 0) is 9.59 Å². The molecular formula is C18H17ClN2O3. The predicted octanol–water partition coefficient (Wildman–Crippen LogP) is 2.89. The zero-order valence-electron chi connectivity index (χ0n) is 13.1. The average Bonchev–Trinajstić information content (AvgIpc) is 2.58. The van der Waals surface area contributed by atoms with Crippen LogP contribution in [0.25, 0.3) is 6.08 Å². The Balaban J connectivity index is 1.74. The van der Waals surface area contributed by atoms with Crippen LogP contribution in [0.4, 0.5) is 0 Å². The molecule has 5 nitrogen and oxygen atoms in total. The van der Waals surface area contributed by atoms with E-state index in [1.165, 1.54) is 6.08 Å². The first-order valence-electron chi connectivity index (χ1n) is 7.25. The van der Waals surface area contributed by atoms with Gasteiger partial charge in [0.2, 0.25) is 0 Å². The molecule has 2 rings (SSSR count). The van der Waals surface area contributed by atoms with Gasteiger partial charge >= 0.3 is 0 Å². The fourth-order valence-corrected chi connectivity index (χ4v) is 1.95. The van der Waals surface area contributed by atoms with Crippen LogP contribution in [0.3, 0.4) is 0 Å². The number of carbonyl (C=O) groups excluding carboxylic acids is 2. The Bertz CT molecular complexity index is 742. The number of ether oxygens (including phenoxy) is 1. The highest BCUT2D eigenvalue weighted by atomic mass is 35.5. The minimum Gasteiger partial charge on any atom is -0.482 e. The van der Waals surface area contributed by atoms with Crippen molar-refractivity contribution in [3.63, 3.8) is 0 Å². The van der Waals surface area contributed by atoms with E-state index in [9.17, 15) is 9.59 Å². The Labute approximate surface area is 145 Å². The smallest absolute Gasteiger partial charge is 0.276 e. The van der Waals surface area contributed by atoms with Crippen molar-refractivity contribution in [2.75, 3.05) is 6.61 Å². The summed E-state index contributed by atoms with van der Waals surface area (Å²) in [5.74, 6) is -0.534. The van der Waals surface area contributed by atoms with Crippen LogP contribution < -0.4 is 15.6 Å². The Kier molecular flexibility index (Phi) is 6.40. The van der Waals surface area contributed by atoms with E-state index in [1.807, 2.05) is 31.2 Å². The highest BCUT2D eigenvalue weighted by molar-refractivity contribution is 6.32. The highest BCUT2D eigenvalue weighted by Gasteiger charge is 2.05. The summed E-state index contributed by atoms with van der Waals surface area (Å²) in [5.41, 5.74) is 6.57. The molecule has 0 aliphatic heterocycles. The van der Waals surface area contributed by atoms with Gasteiger partial charge in [0.25, 0.3) is 11.8 Å². The maximum absolute atomic E-state index is 11.6. The zero-order valence-corrected chi connectivity index (χ0v) is 13.8. The van der Waals surface area contributed by atoms with Gasteiger partial charge in [-0.05, 0) is 30.7 Å². The molecule has 2 aromatic carbocycles. The number of aryl methyl sites for hydroxylation is 1. The minimum atomic E-state index is -0.494. The van der Waals surface area contributed by atoms with E-state index in [2.05, 4.69) is 10.9 Å². The summed E-state index contributed by atoms with van der Waals surface area (Å²) in [6.45, 7) is 1.73. The molecule has 2 aromatic rings. The monoisotopic (exact) mass is 344 g/mol. The van der Waals surface area contributed by atoms with Crippen LogP contribution in [0.2, 0.25) is 5.02 Å². The third-order valence-electron chi connectivity index (χ3n) is 3.03. The molecule has 0 saturated carbocycles. The lowest BCUT2D eigenvalue weighted by Crippen LogP contribution is -2.43. The maximum Gasteiger partial charge on any atom is 0.276 e. The van der Waals surface area contributed by atoms with Gasteiger partial charge in [-0.25, -0.2) is 0 Å². The largest absolute Gasteiger partial charge is 0.482 e. The Hall–Kier alpha value is -2.79. The number of carbonyl (C=O) groups is 2. The third-order valence-corrected chi connectivity index (χ3v) is 3.34. The molecule has 0 heterocycles. The number of hydrazine groups is 1. The number of hydrogen-bond donors (Lipinski definition) is 2. The lowest BCUT2D eigenvalue weighted by Gasteiger charge is -2.08. The number of benzene rings is 2. The van der Waals surface area contributed by atoms with Crippen LogP contribution in [0.1, 0.15) is 11.1 Å². The minimum absolute atomic E-state index is 0.258. The molecule has 2 amide bonds. The van der Waals surface area contributed by atoms with Crippen LogP contribution in [-0.4, -0.2) is 18.4 Å². The van der Waals surface area contributed by atoms with Gasteiger partial charge < -0.3 is 4.74 Å². The molecule has 0 radical (unpaired) electrons. The van der Waals surface area contributed by atoms with E-state index in [0.717, 1.165) is 11.1 Å². The summed E-state index contributed by atoms with van der Waals surface area (Å²) in [5, 5.41) is 0.412. The molecule has 0 aliphatic carbocycles. The summed E-state index contributed by atoms with van der Waals surface area (Å²) >= 11 is 5.91. The maximum atomic E-state index is 11.6. The van der Waals surface area contributed by atoms with Crippen LogP contribution in [0, 0.1) is 6.92 Å². The second-order valence-electron chi connectivity index (χ2n) is 5.00. The molecule has 124 valence electrons. The fraction of sp³-hybridized carbons (Fsp3) is 0.111. The summed E-state index contributed by atoms with van der Waals surface area (Å²) in [6.07, 6.45) is 2.99. The predicted molar refractivity (Wildman–Crippen MR) is 93.4 cm³/mol. The SMILES string of the molecule is Cc1ccc(C=CC(=O)NNC(=O)COc2ccccc2Cl)cc1. The van der Waals surface area contributed by atoms with E-state index in [0.29, 0.717) is 10.8 Å². The van der Waals surface area contributed by atoms with Crippen LogP contribution in [0.5, 0.6) is 5.75 Å². The first kappa shape index (κ1) is 17.6. The molecule has 6 heteroatoms. The van der Waals surface area contributed by atoms with Crippen molar-refractivity contribution in [1.29, 1.82) is 0 Å². The van der Waals surface area contributed by atoms with Crippen molar-refractivity contribution in [2.24, 2.45) is 0 Å². The Morgan fingerprint density at radius 3 is 2.50 bits per heavy atom. The molecule has 0 spiro atoms. The molecule has 24 heavy (non-hydrogen) atoms. The fourth-order valence-electron chi connectivity index (χ4n) is 1.76. The van der Waals surface area contributed by atoms with E-state index in [4.69, 9.17) is 16.3 Å². The first-order valence-corrected chi connectivity index (χ1v) is 7.63. The Morgan fingerprint density at radius 1 is 1.08 bits per heavy atom. The summed E-state index contributed by atoms with van der Waals surface area (Å²) in [4.78, 5) is 23.3. The normalized spacial score (nSPS) is 10.4. The van der Waals surface area contributed by atoms with Gasteiger partial charge in [0.05, 0.1) is 5.02 Å². The first-order chi connectivity index (χ1) is 11.5. The van der Waals surface area contributed by atoms with Gasteiger partial charge in [-0.2, -0.15) is 0 Å². The highest BCUT2D eigenvalue weighted by Crippen LogP contribution is 2.22. The summed E-state index contributed by atoms with van der Waals surface area (Å²) in [7, 11) is 0. The number of para-hydroxylation sites is 1. The van der Waals surface area contributed by atoms with Crippen LogP contribution >= 0.6 is 11.6 Å². The summed E-state index contributed by atoms with van der Waals surface area (Å²) in [6, 6.07) is 14.5. The molecule has 0 fully saturated rings. The molecule has 0 bridgehead atoms. The zero-order chi connectivity index (χ0) is 17.4. The van der Waals surface area contributed by atoms with Crippen LogP contribution in [0.15, 0.2) is 54.6 Å². The number of halogens is 1. The van der Waals surface area contributed by atoms with Gasteiger partial charge in [0.15, 0.2) is 6.61 Å². The van der Waals surface area contributed by atoms with E-state index < -0.39 is 11.8 Å². The number of rotatable bonds is 5. The summed E-state index contributed by atoms with van der Waals surface area (Å²) < 4.78 is 5.26. The molecular weight excluding hydrogens is 328 g/mol. The van der Waals surface area contributed by atoms with Gasteiger partial charge in [-0.15, -0.1) is 0 Å². The topological polar surface area (TPSA) is 67.4 Å². The molecule has 0 aromatic heterocycles. The quantitative estimate of drug-likeness (QED) is 0.647. The molecule has 0 saturated heterocycles. The van der Waals surface area contributed by atoms with Crippen molar-refractivity contribution in [3.8, 4) is 5.75 Å².